The molecule has 0 saturated carbocycles. The van der Waals surface area contributed by atoms with Gasteiger partial charge in [0.2, 0.25) is 5.91 Å². The summed E-state index contributed by atoms with van der Waals surface area (Å²) in [6, 6.07) is 1.88. The number of carbonyl (C=O) groups excluding carboxylic acids is 2. The minimum Gasteiger partial charge on any atom is -0.444 e. The zero-order valence-electron chi connectivity index (χ0n) is 18.9. The Morgan fingerprint density at radius 1 is 1.27 bits per heavy atom. The van der Waals surface area contributed by atoms with E-state index in [9.17, 15) is 9.59 Å². The zero-order valence-corrected chi connectivity index (χ0v) is 19.6. The molecule has 1 N–H and O–H groups in total. The van der Waals surface area contributed by atoms with Crippen LogP contribution in [0, 0.1) is 12.3 Å². The number of fused-ring (bicyclic) bond motifs is 2. The van der Waals surface area contributed by atoms with Crippen molar-refractivity contribution < 1.29 is 19.1 Å². The smallest absolute Gasteiger partial charge is 0.410 e. The molecule has 1 unspecified atom stereocenters. The molecule has 2 aliphatic rings. The van der Waals surface area contributed by atoms with E-state index in [2.05, 4.69) is 5.32 Å². The zero-order chi connectivity index (χ0) is 22.5. The van der Waals surface area contributed by atoms with Gasteiger partial charge in [0.25, 0.3) is 0 Å². The summed E-state index contributed by atoms with van der Waals surface area (Å²) in [6.45, 7) is 12.1. The average Bonchev–Trinajstić information content (AvgIpc) is 2.94. The maximum absolute atomic E-state index is 12.6. The number of hydrogen-bond donors (Lipinski definition) is 1. The van der Waals surface area contributed by atoms with E-state index in [0.29, 0.717) is 31.0 Å². The Bertz CT molecular complexity index is 855. The van der Waals surface area contributed by atoms with E-state index < -0.39 is 22.7 Å². The first kappa shape index (κ1) is 22.8. The number of piperidine rings is 1. The van der Waals surface area contributed by atoms with Gasteiger partial charge < -0.3 is 19.7 Å². The van der Waals surface area contributed by atoms with Crippen LogP contribution in [0.2, 0.25) is 5.02 Å². The van der Waals surface area contributed by atoms with E-state index >= 15 is 0 Å². The Balaban J connectivity index is 1.92. The van der Waals surface area contributed by atoms with Crippen LogP contribution >= 0.6 is 11.6 Å². The molecule has 7 nitrogen and oxygen atoms in total. The number of aryl methyl sites for hydroxylation is 1. The standard InChI is InChI=1S/C22H32ClN3O4/c1-13-15(23)12-14-16(25-13)22(29-17(14)21(5,6)18(27)24-7)8-10-26(11-9-22)19(28)30-20(2,3)4/h12,17H,8-11H2,1-7H3,(H,24,27). The lowest BCUT2D eigenvalue weighted by atomic mass is 9.81. The number of aromatic nitrogens is 1. The van der Waals surface area contributed by atoms with Crippen molar-refractivity contribution in [2.24, 2.45) is 5.41 Å². The molecule has 2 amide bonds. The lowest BCUT2D eigenvalue weighted by molar-refractivity contribution is -0.160. The normalized spacial score (nSPS) is 20.8. The van der Waals surface area contributed by atoms with Crippen LogP contribution < -0.4 is 5.32 Å². The predicted octanol–water partition coefficient (Wildman–Crippen LogP) is 4.11. The first-order chi connectivity index (χ1) is 13.8. The molecule has 1 aromatic rings. The number of ether oxygens (including phenoxy) is 2. The molecule has 30 heavy (non-hydrogen) atoms. The molecule has 8 heteroatoms. The molecule has 0 radical (unpaired) electrons. The molecule has 3 heterocycles. The van der Waals surface area contributed by atoms with Gasteiger partial charge in [-0.1, -0.05) is 11.6 Å². The molecule has 1 aromatic heterocycles. The summed E-state index contributed by atoms with van der Waals surface area (Å²) in [4.78, 5) is 31.6. The average molecular weight is 438 g/mol. The predicted molar refractivity (Wildman–Crippen MR) is 114 cm³/mol. The van der Waals surface area contributed by atoms with Crippen molar-refractivity contribution in [3.8, 4) is 0 Å². The molecule has 3 rings (SSSR count). The molecular weight excluding hydrogens is 406 g/mol. The van der Waals surface area contributed by atoms with Crippen LogP contribution in [0.3, 0.4) is 0 Å². The highest BCUT2D eigenvalue weighted by Gasteiger charge is 2.54. The molecule has 1 atom stereocenters. The number of halogens is 1. The van der Waals surface area contributed by atoms with Crippen LogP contribution in [0.1, 0.15) is 70.5 Å². The second-order valence-corrected chi connectivity index (χ2v) is 10.2. The number of nitrogens with one attached hydrogen (secondary N) is 1. The fourth-order valence-corrected chi connectivity index (χ4v) is 4.37. The Kier molecular flexibility index (Phi) is 5.84. The molecule has 1 fully saturated rings. The summed E-state index contributed by atoms with van der Waals surface area (Å²) in [5.41, 5.74) is 0.404. The van der Waals surface area contributed by atoms with Gasteiger partial charge in [0.05, 0.1) is 27.9 Å². The third-order valence-electron chi connectivity index (χ3n) is 5.93. The summed E-state index contributed by atoms with van der Waals surface area (Å²) in [5.74, 6) is -0.113. The third-order valence-corrected chi connectivity index (χ3v) is 6.31. The van der Waals surface area contributed by atoms with Crippen LogP contribution in [0.15, 0.2) is 6.07 Å². The highest BCUT2D eigenvalue weighted by molar-refractivity contribution is 6.31. The molecular formula is C22H32ClN3O4. The summed E-state index contributed by atoms with van der Waals surface area (Å²) < 4.78 is 12.1. The highest BCUT2D eigenvalue weighted by Crippen LogP contribution is 2.54. The SMILES string of the molecule is CNC(=O)C(C)(C)C1OC2(CCN(C(=O)OC(C)(C)C)CC2)c2nc(C)c(Cl)cc21. The fourth-order valence-electron chi connectivity index (χ4n) is 4.21. The number of amides is 2. The summed E-state index contributed by atoms with van der Waals surface area (Å²) in [6.07, 6.45) is 0.352. The van der Waals surface area contributed by atoms with Crippen LogP contribution in [0.25, 0.3) is 0 Å². The van der Waals surface area contributed by atoms with Gasteiger partial charge in [0, 0.05) is 25.7 Å². The van der Waals surface area contributed by atoms with E-state index in [4.69, 9.17) is 26.1 Å². The van der Waals surface area contributed by atoms with Crippen LogP contribution in [0.4, 0.5) is 4.79 Å². The Hall–Kier alpha value is -1.86. The maximum Gasteiger partial charge on any atom is 0.410 e. The van der Waals surface area contributed by atoms with Crippen molar-refractivity contribution in [2.45, 2.75) is 71.7 Å². The first-order valence-corrected chi connectivity index (χ1v) is 10.7. The molecule has 1 spiro atoms. The van der Waals surface area contributed by atoms with Crippen molar-refractivity contribution in [2.75, 3.05) is 20.1 Å². The van der Waals surface area contributed by atoms with E-state index in [-0.39, 0.29) is 12.0 Å². The van der Waals surface area contributed by atoms with Crippen LogP contribution in [-0.4, -0.2) is 47.6 Å². The number of pyridine rings is 1. The first-order valence-electron chi connectivity index (χ1n) is 10.4. The molecule has 2 aliphatic heterocycles. The van der Waals surface area contributed by atoms with Gasteiger partial charge in [-0.3, -0.25) is 9.78 Å². The lowest BCUT2D eigenvalue weighted by Gasteiger charge is -2.40. The quantitative estimate of drug-likeness (QED) is 0.752. The van der Waals surface area contributed by atoms with Crippen molar-refractivity contribution in [3.63, 3.8) is 0 Å². The van der Waals surface area contributed by atoms with Crippen LogP contribution in [-0.2, 0) is 19.9 Å². The Morgan fingerprint density at radius 3 is 2.40 bits per heavy atom. The molecule has 0 bridgehead atoms. The minimum atomic E-state index is -0.810. The van der Waals surface area contributed by atoms with Gasteiger partial charge in [-0.2, -0.15) is 0 Å². The molecule has 0 aromatic carbocycles. The number of nitrogens with zero attached hydrogens (tertiary/aromatic N) is 2. The topological polar surface area (TPSA) is 80.8 Å². The number of likely N-dealkylation sites (tertiary alicyclic amines) is 1. The summed E-state index contributed by atoms with van der Waals surface area (Å²) in [5, 5.41) is 3.29. The Labute approximate surface area is 183 Å². The number of rotatable bonds is 2. The van der Waals surface area contributed by atoms with Crippen molar-refractivity contribution >= 4 is 23.6 Å². The van der Waals surface area contributed by atoms with Crippen molar-refractivity contribution in [1.82, 2.24) is 15.2 Å². The van der Waals surface area contributed by atoms with Gasteiger partial charge in [-0.25, -0.2) is 4.79 Å². The molecule has 166 valence electrons. The number of carbonyl (C=O) groups is 2. The van der Waals surface area contributed by atoms with E-state index in [1.807, 2.05) is 47.6 Å². The fraction of sp³-hybridized carbons (Fsp3) is 0.682. The molecule has 1 saturated heterocycles. The van der Waals surface area contributed by atoms with Gasteiger partial charge in [0.1, 0.15) is 11.2 Å². The van der Waals surface area contributed by atoms with Gasteiger partial charge in [-0.05, 0) is 60.5 Å². The van der Waals surface area contributed by atoms with E-state index in [1.54, 1.807) is 11.9 Å². The van der Waals surface area contributed by atoms with Gasteiger partial charge in [0.15, 0.2) is 0 Å². The summed E-state index contributed by atoms with van der Waals surface area (Å²) in [7, 11) is 1.62. The second kappa shape index (κ2) is 7.68. The molecule has 0 aliphatic carbocycles. The van der Waals surface area contributed by atoms with Gasteiger partial charge in [-0.15, -0.1) is 0 Å². The number of hydrogen-bond acceptors (Lipinski definition) is 5. The largest absolute Gasteiger partial charge is 0.444 e. The van der Waals surface area contributed by atoms with Gasteiger partial charge >= 0.3 is 6.09 Å². The second-order valence-electron chi connectivity index (χ2n) is 9.75. The highest BCUT2D eigenvalue weighted by atomic mass is 35.5. The van der Waals surface area contributed by atoms with E-state index in [1.165, 1.54) is 0 Å². The monoisotopic (exact) mass is 437 g/mol. The lowest BCUT2D eigenvalue weighted by Crippen LogP contribution is -2.47. The minimum absolute atomic E-state index is 0.113. The third kappa shape index (κ3) is 4.02. The van der Waals surface area contributed by atoms with E-state index in [0.717, 1.165) is 17.0 Å². The maximum atomic E-state index is 12.6. The summed E-state index contributed by atoms with van der Waals surface area (Å²) >= 11 is 6.39. The van der Waals surface area contributed by atoms with Crippen molar-refractivity contribution in [3.05, 3.63) is 28.0 Å². The van der Waals surface area contributed by atoms with Crippen molar-refractivity contribution in [1.29, 1.82) is 0 Å². The Morgan fingerprint density at radius 2 is 1.87 bits per heavy atom. The van der Waals surface area contributed by atoms with Crippen LogP contribution in [0.5, 0.6) is 0 Å².